The average molecular weight is 290 g/mol. The highest BCUT2D eigenvalue weighted by atomic mass is 32.2. The standard InChI is InChI=1S/C13H9NO5S/c1-7-5-6-10-11-8(7)3-2-4-9(11)12(15)14(13(10)16)19-20(17)18/h2-6H,1H3,(H,17,18)/p-1. The molecule has 0 spiro atoms. The van der Waals surface area contributed by atoms with Crippen LogP contribution in [0.1, 0.15) is 26.3 Å². The van der Waals surface area contributed by atoms with E-state index in [1.54, 1.807) is 24.3 Å². The first-order valence-electron chi connectivity index (χ1n) is 5.69. The van der Waals surface area contributed by atoms with Gasteiger partial charge in [0.2, 0.25) is 0 Å². The molecule has 6 nitrogen and oxygen atoms in total. The van der Waals surface area contributed by atoms with E-state index in [1.165, 1.54) is 6.07 Å². The van der Waals surface area contributed by atoms with E-state index in [4.69, 9.17) is 0 Å². The molecule has 0 aromatic heterocycles. The van der Waals surface area contributed by atoms with E-state index in [-0.39, 0.29) is 16.2 Å². The molecular weight excluding hydrogens is 282 g/mol. The topological polar surface area (TPSA) is 86.7 Å². The van der Waals surface area contributed by atoms with Crippen LogP contribution in [-0.2, 0) is 15.6 Å². The van der Waals surface area contributed by atoms with Gasteiger partial charge in [0, 0.05) is 5.39 Å². The van der Waals surface area contributed by atoms with Crippen LogP contribution in [0, 0.1) is 6.92 Å². The maximum atomic E-state index is 12.2. The molecule has 7 heteroatoms. The molecule has 0 bridgehead atoms. The van der Waals surface area contributed by atoms with Crippen molar-refractivity contribution in [1.82, 2.24) is 5.06 Å². The van der Waals surface area contributed by atoms with Gasteiger partial charge in [0.25, 0.3) is 11.8 Å². The number of benzene rings is 2. The summed E-state index contributed by atoms with van der Waals surface area (Å²) in [5, 5.41) is 1.57. The van der Waals surface area contributed by atoms with Gasteiger partial charge in [-0.2, -0.15) is 4.28 Å². The summed E-state index contributed by atoms with van der Waals surface area (Å²) in [6.07, 6.45) is 0. The monoisotopic (exact) mass is 290 g/mol. The van der Waals surface area contributed by atoms with Gasteiger partial charge in [-0.25, -0.2) is 4.21 Å². The zero-order valence-electron chi connectivity index (χ0n) is 10.3. The van der Waals surface area contributed by atoms with Crippen LogP contribution in [0.2, 0.25) is 0 Å². The Bertz CT molecular complexity index is 763. The highest BCUT2D eigenvalue weighted by molar-refractivity contribution is 7.74. The van der Waals surface area contributed by atoms with Crippen molar-refractivity contribution in [2.24, 2.45) is 0 Å². The van der Waals surface area contributed by atoms with Crippen molar-refractivity contribution in [3.05, 3.63) is 47.0 Å². The number of hydroxylamine groups is 2. The summed E-state index contributed by atoms with van der Waals surface area (Å²) in [4.78, 5) is 24.3. The van der Waals surface area contributed by atoms with Crippen molar-refractivity contribution >= 4 is 33.9 Å². The van der Waals surface area contributed by atoms with Gasteiger partial charge in [0.15, 0.2) is 0 Å². The van der Waals surface area contributed by atoms with Gasteiger partial charge in [-0.15, -0.1) is 5.06 Å². The zero-order valence-corrected chi connectivity index (χ0v) is 11.1. The summed E-state index contributed by atoms with van der Waals surface area (Å²) in [6, 6.07) is 8.31. The van der Waals surface area contributed by atoms with Crippen molar-refractivity contribution in [3.63, 3.8) is 0 Å². The molecule has 0 saturated carbocycles. The number of hydrogen-bond donors (Lipinski definition) is 0. The summed E-state index contributed by atoms with van der Waals surface area (Å²) in [7, 11) is 0. The van der Waals surface area contributed by atoms with Gasteiger partial charge in [-0.3, -0.25) is 9.59 Å². The fourth-order valence-corrected chi connectivity index (χ4v) is 2.61. The number of carbonyl (C=O) groups is 2. The van der Waals surface area contributed by atoms with Crippen LogP contribution in [0.25, 0.3) is 10.8 Å². The number of hydrogen-bond acceptors (Lipinski definition) is 5. The van der Waals surface area contributed by atoms with E-state index in [2.05, 4.69) is 4.28 Å². The number of imide groups is 1. The van der Waals surface area contributed by atoms with Crippen molar-refractivity contribution in [1.29, 1.82) is 0 Å². The van der Waals surface area contributed by atoms with Crippen LogP contribution in [0.5, 0.6) is 0 Å². The van der Waals surface area contributed by atoms with Crippen molar-refractivity contribution in [2.45, 2.75) is 6.92 Å². The van der Waals surface area contributed by atoms with E-state index in [1.807, 2.05) is 6.92 Å². The molecule has 0 fully saturated rings. The average Bonchev–Trinajstić information content (AvgIpc) is 2.42. The van der Waals surface area contributed by atoms with E-state index >= 15 is 0 Å². The van der Waals surface area contributed by atoms with Crippen molar-refractivity contribution < 1.29 is 22.6 Å². The molecule has 0 N–H and O–H groups in total. The number of aryl methyl sites for hydroxylation is 1. The van der Waals surface area contributed by atoms with Crippen LogP contribution >= 0.6 is 0 Å². The number of carbonyl (C=O) groups excluding carboxylic acids is 2. The third-order valence-corrected chi connectivity index (χ3v) is 3.49. The first-order valence-corrected chi connectivity index (χ1v) is 6.69. The fourth-order valence-electron chi connectivity index (χ4n) is 2.35. The minimum Gasteiger partial charge on any atom is -0.748 e. The molecule has 0 saturated heterocycles. The minimum absolute atomic E-state index is 0.242. The highest BCUT2D eigenvalue weighted by Crippen LogP contribution is 2.32. The predicted molar refractivity (Wildman–Crippen MR) is 69.2 cm³/mol. The molecule has 1 aliphatic heterocycles. The molecule has 20 heavy (non-hydrogen) atoms. The molecule has 2 amide bonds. The van der Waals surface area contributed by atoms with E-state index < -0.39 is 23.2 Å². The Morgan fingerprint density at radius 2 is 1.75 bits per heavy atom. The number of nitrogens with zero attached hydrogens (tertiary/aromatic N) is 1. The quantitative estimate of drug-likeness (QED) is 0.617. The first kappa shape index (κ1) is 12.9. The molecule has 0 radical (unpaired) electrons. The molecule has 1 aliphatic rings. The zero-order chi connectivity index (χ0) is 14.4. The SMILES string of the molecule is Cc1ccc2c3c(cccc13)C(=O)N(OS(=O)[O-])C2=O. The van der Waals surface area contributed by atoms with Crippen molar-refractivity contribution in [3.8, 4) is 0 Å². The molecular formula is C13H8NO5S-. The van der Waals surface area contributed by atoms with Gasteiger partial charge in [-0.1, -0.05) is 18.2 Å². The Labute approximate surface area is 116 Å². The summed E-state index contributed by atoms with van der Waals surface area (Å²) in [5.74, 6) is -1.58. The molecule has 0 aliphatic carbocycles. The van der Waals surface area contributed by atoms with Gasteiger partial charge < -0.3 is 4.55 Å². The maximum absolute atomic E-state index is 12.2. The summed E-state index contributed by atoms with van der Waals surface area (Å²) in [5.41, 5.74) is 1.41. The highest BCUT2D eigenvalue weighted by Gasteiger charge is 2.34. The molecule has 1 atom stereocenters. The van der Waals surface area contributed by atoms with Crippen LogP contribution in [0.3, 0.4) is 0 Å². The second kappa shape index (κ2) is 4.48. The number of amides is 2. The smallest absolute Gasteiger partial charge is 0.286 e. The van der Waals surface area contributed by atoms with Gasteiger partial charge in [0.1, 0.15) is 11.4 Å². The Balaban J connectivity index is 2.31. The lowest BCUT2D eigenvalue weighted by Gasteiger charge is -2.26. The molecule has 2 aromatic carbocycles. The Kier molecular flexibility index (Phi) is 2.89. The normalized spacial score (nSPS) is 15.8. The molecule has 102 valence electrons. The van der Waals surface area contributed by atoms with E-state index in [0.29, 0.717) is 5.39 Å². The van der Waals surface area contributed by atoms with Crippen LogP contribution in [0.4, 0.5) is 0 Å². The predicted octanol–water partition coefficient (Wildman–Crippen LogP) is 1.47. The summed E-state index contributed by atoms with van der Waals surface area (Å²) >= 11 is -3.00. The molecule has 1 unspecified atom stereocenters. The minimum atomic E-state index is -3.00. The second-order valence-electron chi connectivity index (χ2n) is 4.34. The molecule has 2 aromatic rings. The Morgan fingerprint density at radius 1 is 1.10 bits per heavy atom. The van der Waals surface area contributed by atoms with Gasteiger partial charge >= 0.3 is 0 Å². The Morgan fingerprint density at radius 3 is 2.40 bits per heavy atom. The fraction of sp³-hybridized carbons (Fsp3) is 0.0769. The number of rotatable bonds is 2. The second-order valence-corrected chi connectivity index (χ2v) is 4.90. The van der Waals surface area contributed by atoms with E-state index in [9.17, 15) is 18.4 Å². The van der Waals surface area contributed by atoms with Crippen LogP contribution in [0.15, 0.2) is 30.3 Å². The molecule has 3 rings (SSSR count). The van der Waals surface area contributed by atoms with Gasteiger partial charge in [-0.05, 0) is 30.0 Å². The van der Waals surface area contributed by atoms with Gasteiger partial charge in [0.05, 0.1) is 11.1 Å². The summed E-state index contributed by atoms with van der Waals surface area (Å²) in [6.45, 7) is 1.87. The first-order chi connectivity index (χ1) is 9.50. The largest absolute Gasteiger partial charge is 0.748 e. The van der Waals surface area contributed by atoms with E-state index in [0.717, 1.165) is 10.9 Å². The lowest BCUT2D eigenvalue weighted by atomic mass is 9.92. The maximum Gasteiger partial charge on any atom is 0.286 e. The lowest BCUT2D eigenvalue weighted by molar-refractivity contribution is -0.0168. The third-order valence-electron chi connectivity index (χ3n) is 3.22. The lowest BCUT2D eigenvalue weighted by Crippen LogP contribution is -2.40. The van der Waals surface area contributed by atoms with Crippen LogP contribution in [-0.4, -0.2) is 25.6 Å². The van der Waals surface area contributed by atoms with Crippen LogP contribution < -0.4 is 0 Å². The third kappa shape index (κ3) is 1.75. The molecule has 1 heterocycles. The van der Waals surface area contributed by atoms with Crippen molar-refractivity contribution in [2.75, 3.05) is 0 Å². The Hall–Kier alpha value is -2.09. The summed E-state index contributed by atoms with van der Waals surface area (Å²) < 4.78 is 25.5.